The van der Waals surface area contributed by atoms with Gasteiger partial charge in [0.25, 0.3) is 5.91 Å². The van der Waals surface area contributed by atoms with Gasteiger partial charge in [-0.15, -0.1) is 0 Å². The lowest BCUT2D eigenvalue weighted by molar-refractivity contribution is 0.0998. The van der Waals surface area contributed by atoms with E-state index in [2.05, 4.69) is 42.6 Å². The van der Waals surface area contributed by atoms with E-state index in [4.69, 9.17) is 4.52 Å². The highest BCUT2D eigenvalue weighted by atomic mass is 16.5. The number of benzene rings is 1. The van der Waals surface area contributed by atoms with Crippen molar-refractivity contribution in [2.24, 2.45) is 10.9 Å². The summed E-state index contributed by atoms with van der Waals surface area (Å²) in [4.78, 5) is 28.5. The molecular weight excluding hydrogens is 394 g/mol. The minimum absolute atomic E-state index is 0.225. The van der Waals surface area contributed by atoms with E-state index in [1.807, 2.05) is 31.2 Å². The van der Waals surface area contributed by atoms with Crippen LogP contribution in [0.2, 0.25) is 0 Å². The van der Waals surface area contributed by atoms with E-state index in [1.165, 1.54) is 0 Å². The number of amides is 1. The minimum atomic E-state index is -0.430. The van der Waals surface area contributed by atoms with Crippen LogP contribution in [-0.4, -0.2) is 40.1 Å². The van der Waals surface area contributed by atoms with Gasteiger partial charge in [-0.3, -0.25) is 4.79 Å². The Hall–Kier alpha value is -3.75. The van der Waals surface area contributed by atoms with Crippen molar-refractivity contribution < 1.29 is 9.32 Å². The molecule has 158 valence electrons. The first kappa shape index (κ1) is 19.2. The molecule has 1 amide bonds. The van der Waals surface area contributed by atoms with Crippen molar-refractivity contribution in [3.8, 4) is 11.4 Å². The lowest BCUT2D eigenvalue weighted by atomic mass is 10.0. The predicted octanol–water partition coefficient (Wildman–Crippen LogP) is 3.71. The number of hydrogen-bond donors (Lipinski definition) is 2. The molecule has 2 aromatic heterocycles. The lowest BCUT2D eigenvalue weighted by Crippen LogP contribution is -2.35. The number of rotatable bonds is 0. The number of carbonyl (C=O) groups is 1. The van der Waals surface area contributed by atoms with Gasteiger partial charge in [0.15, 0.2) is 5.82 Å². The van der Waals surface area contributed by atoms with E-state index in [-0.39, 0.29) is 5.69 Å². The Balaban J connectivity index is 1.59. The number of guanidine groups is 1. The van der Waals surface area contributed by atoms with Gasteiger partial charge in [-0.05, 0) is 43.9 Å². The molecule has 31 heavy (non-hydrogen) atoms. The summed E-state index contributed by atoms with van der Waals surface area (Å²) in [5.74, 6) is 1.37. The van der Waals surface area contributed by atoms with Gasteiger partial charge in [-0.25, -0.2) is 9.97 Å². The SMILES string of the molecule is Cc1cc2nc(n1)-c1cnoc1NCCC[C@@H](C)CN1/C(=N/C2=O)Nc2ccccc21. The number of aromatic nitrogens is 3. The summed E-state index contributed by atoms with van der Waals surface area (Å²) in [5.41, 5.74) is 3.48. The average Bonchev–Trinajstić information content (AvgIpc) is 3.35. The molecule has 0 spiro atoms. The van der Waals surface area contributed by atoms with Crippen LogP contribution < -0.4 is 15.5 Å². The maximum Gasteiger partial charge on any atom is 0.298 e. The highest BCUT2D eigenvalue weighted by Crippen LogP contribution is 2.33. The molecule has 1 aromatic carbocycles. The van der Waals surface area contributed by atoms with Crippen LogP contribution in [0, 0.1) is 12.8 Å². The van der Waals surface area contributed by atoms with Gasteiger partial charge in [0.1, 0.15) is 11.3 Å². The summed E-state index contributed by atoms with van der Waals surface area (Å²) in [6, 6.07) is 9.62. The first-order chi connectivity index (χ1) is 15.1. The number of aliphatic imine (C=N–C) groups is 1. The molecule has 0 saturated carbocycles. The van der Waals surface area contributed by atoms with Crippen molar-refractivity contribution in [1.29, 1.82) is 0 Å². The fourth-order valence-corrected chi connectivity index (χ4v) is 3.92. The van der Waals surface area contributed by atoms with Gasteiger partial charge in [0, 0.05) is 18.8 Å². The highest BCUT2D eigenvalue weighted by molar-refractivity contribution is 6.18. The number of carbonyl (C=O) groups excluding carboxylic acids is 1. The van der Waals surface area contributed by atoms with Crippen molar-refractivity contribution in [2.45, 2.75) is 26.7 Å². The zero-order valence-corrected chi connectivity index (χ0v) is 17.4. The average molecular weight is 417 g/mol. The summed E-state index contributed by atoms with van der Waals surface area (Å²) >= 11 is 0. The van der Waals surface area contributed by atoms with Gasteiger partial charge in [-0.1, -0.05) is 24.2 Å². The first-order valence-electron chi connectivity index (χ1n) is 10.4. The van der Waals surface area contributed by atoms with Crippen LogP contribution in [-0.2, 0) is 0 Å². The predicted molar refractivity (Wildman–Crippen MR) is 118 cm³/mol. The third-order valence-electron chi connectivity index (χ3n) is 5.44. The molecule has 0 radical (unpaired) electrons. The number of aryl methyl sites for hydroxylation is 1. The molecule has 4 heterocycles. The maximum absolute atomic E-state index is 13.1. The fourth-order valence-electron chi connectivity index (χ4n) is 3.92. The van der Waals surface area contributed by atoms with Crippen molar-refractivity contribution >= 4 is 29.1 Å². The molecule has 2 aliphatic rings. The second-order valence-corrected chi connectivity index (χ2v) is 7.95. The van der Waals surface area contributed by atoms with Gasteiger partial charge in [0.2, 0.25) is 11.8 Å². The number of nitrogens with zero attached hydrogens (tertiary/aromatic N) is 5. The Bertz CT molecular complexity index is 1170. The van der Waals surface area contributed by atoms with Gasteiger partial charge >= 0.3 is 0 Å². The zero-order chi connectivity index (χ0) is 21.4. The number of hydrogen-bond acceptors (Lipinski definition) is 8. The van der Waals surface area contributed by atoms with Crippen molar-refractivity contribution in [2.75, 3.05) is 28.6 Å². The number of para-hydroxylation sites is 2. The van der Waals surface area contributed by atoms with Gasteiger partial charge in [0.05, 0.1) is 17.6 Å². The number of fused-ring (bicyclic) bond motifs is 7. The van der Waals surface area contributed by atoms with E-state index < -0.39 is 5.91 Å². The van der Waals surface area contributed by atoms with Crippen LogP contribution in [0.5, 0.6) is 0 Å². The largest absolute Gasteiger partial charge is 0.353 e. The Labute approximate surface area is 179 Å². The zero-order valence-electron chi connectivity index (χ0n) is 17.4. The Kier molecular flexibility index (Phi) is 4.85. The third kappa shape index (κ3) is 3.74. The van der Waals surface area contributed by atoms with E-state index in [1.54, 1.807) is 12.3 Å². The van der Waals surface area contributed by atoms with Crippen LogP contribution in [0.4, 0.5) is 17.3 Å². The molecule has 0 unspecified atom stereocenters. The molecule has 0 fully saturated rings. The second kappa shape index (κ2) is 7.82. The van der Waals surface area contributed by atoms with Crippen molar-refractivity contribution in [3.63, 3.8) is 0 Å². The normalized spacial score (nSPS) is 20.2. The molecule has 1 atom stereocenters. The van der Waals surface area contributed by atoms with Gasteiger partial charge < -0.3 is 20.1 Å². The minimum Gasteiger partial charge on any atom is -0.353 e. The monoisotopic (exact) mass is 417 g/mol. The summed E-state index contributed by atoms with van der Waals surface area (Å²) in [6.07, 6.45) is 3.52. The van der Waals surface area contributed by atoms with Gasteiger partial charge in [-0.2, -0.15) is 4.99 Å². The topological polar surface area (TPSA) is 109 Å². The third-order valence-corrected chi connectivity index (χ3v) is 5.44. The molecular formula is C22H23N7O2. The summed E-state index contributed by atoms with van der Waals surface area (Å²) in [7, 11) is 0. The molecule has 9 nitrogen and oxygen atoms in total. The summed E-state index contributed by atoms with van der Waals surface area (Å²) < 4.78 is 5.36. The molecule has 0 aliphatic carbocycles. The van der Waals surface area contributed by atoms with Crippen molar-refractivity contribution in [1.82, 2.24) is 15.1 Å². The number of nitrogens with one attached hydrogen (secondary N) is 2. The lowest BCUT2D eigenvalue weighted by Gasteiger charge is -2.23. The van der Waals surface area contributed by atoms with Crippen LogP contribution >= 0.6 is 0 Å². The molecule has 2 bridgehead atoms. The van der Waals surface area contributed by atoms with E-state index in [0.29, 0.717) is 34.8 Å². The van der Waals surface area contributed by atoms with Crippen molar-refractivity contribution in [3.05, 3.63) is 47.9 Å². The smallest absolute Gasteiger partial charge is 0.298 e. The molecule has 2 N–H and O–H groups in total. The second-order valence-electron chi connectivity index (χ2n) is 7.95. The van der Waals surface area contributed by atoms with E-state index >= 15 is 0 Å². The molecule has 5 rings (SSSR count). The van der Waals surface area contributed by atoms with Crippen LogP contribution in [0.1, 0.15) is 35.9 Å². The summed E-state index contributed by atoms with van der Waals surface area (Å²) in [5, 5.41) is 10.5. The van der Waals surface area contributed by atoms with E-state index in [0.717, 1.165) is 37.3 Å². The quantitative estimate of drug-likeness (QED) is 0.570. The van der Waals surface area contributed by atoms with Crippen LogP contribution in [0.3, 0.4) is 0 Å². The van der Waals surface area contributed by atoms with E-state index in [9.17, 15) is 4.79 Å². The molecule has 3 aromatic rings. The Morgan fingerprint density at radius 2 is 2.10 bits per heavy atom. The Morgan fingerprint density at radius 1 is 1.23 bits per heavy atom. The summed E-state index contributed by atoms with van der Waals surface area (Å²) in [6.45, 7) is 5.51. The molecule has 0 saturated heterocycles. The maximum atomic E-state index is 13.1. The number of anilines is 3. The molecule has 9 heteroatoms. The van der Waals surface area contributed by atoms with Crippen LogP contribution in [0.25, 0.3) is 11.4 Å². The van der Waals surface area contributed by atoms with Crippen LogP contribution in [0.15, 0.2) is 46.0 Å². The highest BCUT2D eigenvalue weighted by Gasteiger charge is 2.28. The Morgan fingerprint density at radius 3 is 3.00 bits per heavy atom. The molecule has 2 aliphatic heterocycles. The standard InChI is InChI=1S/C22H23N7O2/c1-13-6-5-9-23-21-15(11-24-31-21)19-25-14(2)10-17(26-19)20(30)28-22-27-16-7-3-4-8-18(16)29(22)12-13/h3-4,7-8,10-11,13,23H,5-6,9,12H2,1-2H3,(H,27,28,30)/t13-/m1/s1. The first-order valence-corrected chi connectivity index (χ1v) is 10.4. The fraction of sp³-hybridized carbons (Fsp3) is 0.318.